The van der Waals surface area contributed by atoms with E-state index < -0.39 is 0 Å². The third kappa shape index (κ3) is 2.94. The van der Waals surface area contributed by atoms with Gasteiger partial charge >= 0.3 is 0 Å². The van der Waals surface area contributed by atoms with Gasteiger partial charge < -0.3 is 4.57 Å². The van der Waals surface area contributed by atoms with Crippen molar-refractivity contribution in [1.82, 2.24) is 9.55 Å². The van der Waals surface area contributed by atoms with Gasteiger partial charge in [0.25, 0.3) is 5.56 Å². The van der Waals surface area contributed by atoms with Crippen molar-refractivity contribution in [3.8, 4) is 11.1 Å². The van der Waals surface area contributed by atoms with Crippen LogP contribution >= 0.6 is 0 Å². The molecule has 3 nitrogen and oxygen atoms in total. The molecule has 1 heterocycles. The molecule has 122 valence electrons. The second-order valence-electron chi connectivity index (χ2n) is 5.84. The van der Waals surface area contributed by atoms with Crippen molar-refractivity contribution >= 4 is 11.0 Å². The van der Waals surface area contributed by atoms with Gasteiger partial charge in [0.1, 0.15) is 5.82 Å². The summed E-state index contributed by atoms with van der Waals surface area (Å²) >= 11 is 0. The summed E-state index contributed by atoms with van der Waals surface area (Å²) in [4.78, 5) is 16.3. The van der Waals surface area contributed by atoms with Crippen LogP contribution in [0, 0.1) is 5.82 Å². The van der Waals surface area contributed by atoms with Crippen molar-refractivity contribution < 1.29 is 4.39 Å². The number of para-hydroxylation sites is 2. The second-order valence-corrected chi connectivity index (χ2v) is 5.84. The maximum Gasteiger partial charge on any atom is 0.269 e. The Morgan fingerprint density at radius 1 is 0.880 bits per heavy atom. The minimum Gasteiger partial charge on any atom is -0.301 e. The Labute approximate surface area is 144 Å². The minimum atomic E-state index is -0.325. The molecule has 1 aromatic heterocycles. The zero-order valence-corrected chi connectivity index (χ0v) is 13.4. The molecule has 0 aliphatic heterocycles. The molecule has 0 fully saturated rings. The van der Waals surface area contributed by atoms with Gasteiger partial charge in [-0.25, -0.2) is 9.37 Å². The fourth-order valence-corrected chi connectivity index (χ4v) is 2.93. The molecule has 4 heteroatoms. The first-order chi connectivity index (χ1) is 12.2. The summed E-state index contributed by atoms with van der Waals surface area (Å²) in [5, 5.41) is 0. The monoisotopic (exact) mass is 330 g/mol. The first-order valence-electron chi connectivity index (χ1n) is 8.01. The van der Waals surface area contributed by atoms with E-state index in [1.807, 2.05) is 60.7 Å². The van der Waals surface area contributed by atoms with Crippen molar-refractivity contribution in [1.29, 1.82) is 0 Å². The fraction of sp³-hybridized carbons (Fsp3) is 0.0476. The van der Waals surface area contributed by atoms with Crippen molar-refractivity contribution in [2.24, 2.45) is 0 Å². The summed E-state index contributed by atoms with van der Waals surface area (Å²) < 4.78 is 16.2. The lowest BCUT2D eigenvalue weighted by Crippen LogP contribution is -2.21. The van der Waals surface area contributed by atoms with Crippen molar-refractivity contribution in [2.75, 3.05) is 0 Å². The van der Waals surface area contributed by atoms with Crippen LogP contribution in [0.3, 0.4) is 0 Å². The van der Waals surface area contributed by atoms with Crippen molar-refractivity contribution in [3.05, 3.63) is 101 Å². The number of benzene rings is 3. The summed E-state index contributed by atoms with van der Waals surface area (Å²) in [6, 6.07) is 22.1. The summed E-state index contributed by atoms with van der Waals surface area (Å²) in [5.74, 6) is -0.325. The Bertz CT molecular complexity index is 1100. The van der Waals surface area contributed by atoms with Gasteiger partial charge in [-0.1, -0.05) is 54.6 Å². The van der Waals surface area contributed by atoms with Gasteiger partial charge in [0.2, 0.25) is 0 Å². The topological polar surface area (TPSA) is 34.9 Å². The SMILES string of the molecule is O=c1cnc2ccccc2n1Cc1ccc(-c2ccccc2)cc1F. The fourth-order valence-electron chi connectivity index (χ4n) is 2.93. The molecular formula is C21H15FN2O. The highest BCUT2D eigenvalue weighted by molar-refractivity contribution is 5.74. The smallest absolute Gasteiger partial charge is 0.269 e. The average molecular weight is 330 g/mol. The number of nitrogens with zero attached hydrogens (tertiary/aromatic N) is 2. The Balaban J connectivity index is 1.75. The number of hydrogen-bond acceptors (Lipinski definition) is 2. The molecule has 4 rings (SSSR count). The van der Waals surface area contributed by atoms with Crippen LogP contribution in [-0.2, 0) is 6.54 Å². The van der Waals surface area contributed by atoms with E-state index in [1.54, 1.807) is 10.6 Å². The summed E-state index contributed by atoms with van der Waals surface area (Å²) in [7, 11) is 0. The summed E-state index contributed by atoms with van der Waals surface area (Å²) in [6.45, 7) is 0.169. The summed E-state index contributed by atoms with van der Waals surface area (Å²) in [6.07, 6.45) is 1.28. The van der Waals surface area contributed by atoms with Crippen LogP contribution in [0.15, 0.2) is 83.8 Å². The molecule has 0 saturated heterocycles. The Kier molecular flexibility index (Phi) is 3.86. The molecule has 3 aromatic carbocycles. The molecule has 0 radical (unpaired) electrons. The third-order valence-corrected chi connectivity index (χ3v) is 4.24. The van der Waals surface area contributed by atoms with Crippen molar-refractivity contribution in [3.63, 3.8) is 0 Å². The maximum absolute atomic E-state index is 14.6. The van der Waals surface area contributed by atoms with E-state index in [9.17, 15) is 9.18 Å². The zero-order chi connectivity index (χ0) is 17.2. The number of rotatable bonds is 3. The Morgan fingerprint density at radius 3 is 2.44 bits per heavy atom. The highest BCUT2D eigenvalue weighted by Crippen LogP contribution is 2.22. The number of fused-ring (bicyclic) bond motifs is 1. The van der Waals surface area contributed by atoms with E-state index in [1.165, 1.54) is 12.3 Å². The molecule has 0 saturated carbocycles. The molecular weight excluding hydrogens is 315 g/mol. The molecule has 0 N–H and O–H groups in total. The van der Waals surface area contributed by atoms with Crippen LogP contribution in [0.4, 0.5) is 4.39 Å². The largest absolute Gasteiger partial charge is 0.301 e. The average Bonchev–Trinajstić information content (AvgIpc) is 2.66. The van der Waals surface area contributed by atoms with Gasteiger partial charge in [-0.15, -0.1) is 0 Å². The molecule has 0 spiro atoms. The number of halogens is 1. The Morgan fingerprint density at radius 2 is 1.64 bits per heavy atom. The predicted molar refractivity (Wildman–Crippen MR) is 96.9 cm³/mol. The number of hydrogen-bond donors (Lipinski definition) is 0. The number of aromatic nitrogens is 2. The van der Waals surface area contributed by atoms with Gasteiger partial charge in [0.15, 0.2) is 0 Å². The molecule has 0 atom stereocenters. The van der Waals surface area contributed by atoms with E-state index in [-0.39, 0.29) is 17.9 Å². The van der Waals surface area contributed by atoms with Gasteiger partial charge in [-0.2, -0.15) is 0 Å². The molecule has 25 heavy (non-hydrogen) atoms. The lowest BCUT2D eigenvalue weighted by atomic mass is 10.0. The normalized spacial score (nSPS) is 10.9. The Hall–Kier alpha value is -3.27. The van der Waals surface area contributed by atoms with Crippen LogP contribution < -0.4 is 5.56 Å². The minimum absolute atomic E-state index is 0.169. The van der Waals surface area contributed by atoms with E-state index in [0.29, 0.717) is 16.6 Å². The van der Waals surface area contributed by atoms with Gasteiger partial charge in [0.05, 0.1) is 23.8 Å². The van der Waals surface area contributed by atoms with Crippen LogP contribution in [0.1, 0.15) is 5.56 Å². The third-order valence-electron chi connectivity index (χ3n) is 4.24. The van der Waals surface area contributed by atoms with E-state index in [0.717, 1.165) is 11.1 Å². The standard InChI is InChI=1S/C21H15FN2O/c22-18-12-16(15-6-2-1-3-7-15)10-11-17(18)14-24-20-9-5-4-8-19(20)23-13-21(24)25/h1-13H,14H2. The molecule has 4 aromatic rings. The molecule has 0 aliphatic carbocycles. The van der Waals surface area contributed by atoms with E-state index in [2.05, 4.69) is 4.98 Å². The molecule has 0 amide bonds. The lowest BCUT2D eigenvalue weighted by molar-refractivity contribution is 0.599. The zero-order valence-electron chi connectivity index (χ0n) is 13.4. The van der Waals surface area contributed by atoms with Crippen LogP contribution in [-0.4, -0.2) is 9.55 Å². The molecule has 0 bridgehead atoms. The van der Waals surface area contributed by atoms with E-state index >= 15 is 0 Å². The highest BCUT2D eigenvalue weighted by atomic mass is 19.1. The van der Waals surface area contributed by atoms with Crippen molar-refractivity contribution in [2.45, 2.75) is 6.54 Å². The predicted octanol–water partition coefficient (Wildman–Crippen LogP) is 4.25. The first-order valence-corrected chi connectivity index (χ1v) is 8.01. The van der Waals surface area contributed by atoms with Gasteiger partial charge in [-0.3, -0.25) is 4.79 Å². The highest BCUT2D eigenvalue weighted by Gasteiger charge is 2.09. The second kappa shape index (κ2) is 6.32. The molecule has 0 unspecified atom stereocenters. The van der Waals surface area contributed by atoms with E-state index in [4.69, 9.17) is 0 Å². The van der Waals surface area contributed by atoms with Crippen LogP contribution in [0.5, 0.6) is 0 Å². The van der Waals surface area contributed by atoms with Gasteiger partial charge in [0, 0.05) is 5.56 Å². The van der Waals surface area contributed by atoms with Gasteiger partial charge in [-0.05, 0) is 29.3 Å². The van der Waals surface area contributed by atoms with Crippen LogP contribution in [0.2, 0.25) is 0 Å². The quantitative estimate of drug-likeness (QED) is 0.563. The maximum atomic E-state index is 14.6. The molecule has 0 aliphatic rings. The first kappa shape index (κ1) is 15.3. The van der Waals surface area contributed by atoms with Crippen LogP contribution in [0.25, 0.3) is 22.2 Å². The summed E-state index contributed by atoms with van der Waals surface area (Å²) in [5.41, 5.74) is 3.40. The lowest BCUT2D eigenvalue weighted by Gasteiger charge is -2.11.